The van der Waals surface area contributed by atoms with Gasteiger partial charge in [0.05, 0.1) is 24.7 Å². The molecule has 1 aliphatic heterocycles. The molecule has 0 atom stereocenters. The van der Waals surface area contributed by atoms with Gasteiger partial charge in [0.15, 0.2) is 5.82 Å². The topological polar surface area (TPSA) is 96.5 Å². The van der Waals surface area contributed by atoms with E-state index < -0.39 is 7.14 Å². The van der Waals surface area contributed by atoms with Gasteiger partial charge in [-0.2, -0.15) is 4.98 Å². The van der Waals surface area contributed by atoms with E-state index in [1.165, 1.54) is 11.8 Å². The molecule has 5 rings (SSSR count). The number of Topliss-reactive ketones (excluding diaryl/α,β-unsaturated/α-hetero) is 1. The van der Waals surface area contributed by atoms with Gasteiger partial charge in [0.1, 0.15) is 23.7 Å². The lowest BCUT2D eigenvalue weighted by atomic mass is 10.0. The minimum absolute atomic E-state index is 0.321. The van der Waals surface area contributed by atoms with Gasteiger partial charge in [-0.3, -0.25) is 4.79 Å². The highest BCUT2D eigenvalue weighted by Gasteiger charge is 2.30. The van der Waals surface area contributed by atoms with Gasteiger partial charge in [0.2, 0.25) is 5.95 Å². The number of aromatic nitrogens is 2. The SMILES string of the molecule is COc1cc(N2CCC(=O)CC2)c(C2CC2)cc1Nc1ncc(Cl)c(Nc2ccccc2P(C)(C)=O)n1. The largest absolute Gasteiger partial charge is 0.494 e. The van der Waals surface area contributed by atoms with E-state index in [-0.39, 0.29) is 0 Å². The zero-order valence-corrected chi connectivity index (χ0v) is 22.9. The minimum Gasteiger partial charge on any atom is -0.494 e. The van der Waals surface area contributed by atoms with Crippen molar-refractivity contribution in [3.63, 3.8) is 0 Å². The lowest BCUT2D eigenvalue weighted by Crippen LogP contribution is -2.34. The van der Waals surface area contributed by atoms with E-state index in [0.717, 1.165) is 42.6 Å². The van der Waals surface area contributed by atoms with E-state index in [1.54, 1.807) is 20.4 Å². The third-order valence-electron chi connectivity index (χ3n) is 6.76. The number of nitrogens with one attached hydrogen (secondary N) is 2. The average Bonchev–Trinajstić information content (AvgIpc) is 3.72. The molecule has 8 nitrogen and oxygen atoms in total. The van der Waals surface area contributed by atoms with Gasteiger partial charge in [-0.05, 0) is 55.9 Å². The van der Waals surface area contributed by atoms with Crippen LogP contribution in [0.2, 0.25) is 5.02 Å². The van der Waals surface area contributed by atoms with E-state index in [0.29, 0.717) is 52.8 Å². The summed E-state index contributed by atoms with van der Waals surface area (Å²) in [5, 5.41) is 7.62. The van der Waals surface area contributed by atoms with Crippen molar-refractivity contribution < 1.29 is 14.1 Å². The smallest absolute Gasteiger partial charge is 0.229 e. The number of piperidine rings is 1. The van der Waals surface area contributed by atoms with Crippen molar-refractivity contribution in [2.45, 2.75) is 31.6 Å². The molecule has 0 amide bonds. The predicted molar refractivity (Wildman–Crippen MR) is 151 cm³/mol. The molecule has 1 saturated heterocycles. The van der Waals surface area contributed by atoms with Gasteiger partial charge < -0.3 is 24.8 Å². The van der Waals surface area contributed by atoms with E-state index in [4.69, 9.17) is 16.3 Å². The fourth-order valence-electron chi connectivity index (χ4n) is 4.66. The van der Waals surface area contributed by atoms with Crippen molar-refractivity contribution in [1.82, 2.24) is 9.97 Å². The third-order valence-corrected chi connectivity index (χ3v) is 8.58. The Morgan fingerprint density at radius 1 is 1.08 bits per heavy atom. The lowest BCUT2D eigenvalue weighted by Gasteiger charge is -2.31. The van der Waals surface area contributed by atoms with Crippen molar-refractivity contribution in [2.75, 3.05) is 49.1 Å². The Morgan fingerprint density at radius 3 is 2.49 bits per heavy atom. The Morgan fingerprint density at radius 2 is 1.81 bits per heavy atom. The molecule has 0 radical (unpaired) electrons. The van der Waals surface area contributed by atoms with E-state index in [9.17, 15) is 9.36 Å². The molecule has 37 heavy (non-hydrogen) atoms. The van der Waals surface area contributed by atoms with E-state index in [2.05, 4.69) is 37.6 Å². The molecule has 1 aromatic heterocycles. The van der Waals surface area contributed by atoms with Crippen LogP contribution in [0.5, 0.6) is 5.75 Å². The molecule has 2 N–H and O–H groups in total. The summed E-state index contributed by atoms with van der Waals surface area (Å²) in [6.07, 6.45) is 4.99. The molecule has 3 aromatic rings. The van der Waals surface area contributed by atoms with Crippen LogP contribution in [0.1, 0.15) is 37.2 Å². The fraction of sp³-hybridized carbons (Fsp3) is 0.370. The average molecular weight is 540 g/mol. The number of benzene rings is 2. The van der Waals surface area contributed by atoms with Crippen LogP contribution in [0, 0.1) is 0 Å². The summed E-state index contributed by atoms with van der Waals surface area (Å²) in [5.74, 6) is 2.26. The number of hydrogen-bond acceptors (Lipinski definition) is 8. The normalized spacial score (nSPS) is 16.0. The highest BCUT2D eigenvalue weighted by Crippen LogP contribution is 2.48. The van der Waals surface area contributed by atoms with E-state index >= 15 is 0 Å². The maximum Gasteiger partial charge on any atom is 0.229 e. The highest BCUT2D eigenvalue weighted by atomic mass is 35.5. The minimum atomic E-state index is -2.52. The lowest BCUT2D eigenvalue weighted by molar-refractivity contribution is -0.119. The van der Waals surface area contributed by atoms with Gasteiger partial charge in [-0.25, -0.2) is 4.98 Å². The summed E-state index contributed by atoms with van der Waals surface area (Å²) in [6.45, 7) is 4.93. The van der Waals surface area contributed by atoms with Crippen LogP contribution in [0.4, 0.5) is 28.8 Å². The number of carbonyl (C=O) groups excluding carboxylic acids is 1. The van der Waals surface area contributed by atoms with Gasteiger partial charge in [-0.1, -0.05) is 23.7 Å². The van der Waals surface area contributed by atoms with Crippen LogP contribution in [0.3, 0.4) is 0 Å². The number of halogens is 1. The van der Waals surface area contributed by atoms with Gasteiger partial charge in [-0.15, -0.1) is 0 Å². The number of rotatable bonds is 8. The van der Waals surface area contributed by atoms with E-state index in [1.807, 2.05) is 24.3 Å². The highest BCUT2D eigenvalue weighted by molar-refractivity contribution is 7.70. The second-order valence-corrected chi connectivity index (χ2v) is 13.5. The molecular formula is C27H31ClN5O3P. The first-order valence-corrected chi connectivity index (χ1v) is 15.4. The first-order chi connectivity index (χ1) is 17.7. The molecule has 0 bridgehead atoms. The number of methoxy groups -OCH3 is 1. The van der Waals surface area contributed by atoms with Crippen molar-refractivity contribution in [3.05, 3.63) is 53.2 Å². The first kappa shape index (κ1) is 25.6. The zero-order chi connectivity index (χ0) is 26.2. The van der Waals surface area contributed by atoms with Crippen LogP contribution < -0.4 is 25.6 Å². The second-order valence-electron chi connectivity index (χ2n) is 9.92. The molecule has 2 aliphatic rings. The Kier molecular flexibility index (Phi) is 7.15. The Hall–Kier alpha value is -3.09. The molecule has 10 heteroatoms. The number of carbonyl (C=O) groups is 1. The van der Waals surface area contributed by atoms with Crippen molar-refractivity contribution in [3.8, 4) is 5.75 Å². The van der Waals surface area contributed by atoms with Crippen LogP contribution >= 0.6 is 18.7 Å². The molecule has 0 unspecified atom stereocenters. The van der Waals surface area contributed by atoms with Gasteiger partial charge >= 0.3 is 0 Å². The monoisotopic (exact) mass is 539 g/mol. The maximum absolute atomic E-state index is 12.8. The van der Waals surface area contributed by atoms with Crippen LogP contribution in [0.25, 0.3) is 0 Å². The fourth-order valence-corrected chi connectivity index (χ4v) is 5.95. The standard InChI is InChI=1S/C27H31ClN5O3P/c1-36-24-15-23(33-12-10-18(34)11-13-33)19(17-8-9-17)14-22(24)31-27-29-16-20(28)26(32-27)30-21-6-4-5-7-25(21)37(2,3)35/h4-7,14-17H,8-13H2,1-3H3,(H2,29,30,31,32). The number of hydrogen-bond donors (Lipinski definition) is 2. The number of para-hydroxylation sites is 1. The summed E-state index contributed by atoms with van der Waals surface area (Å²) in [6, 6.07) is 11.6. The van der Waals surface area contributed by atoms with Gasteiger partial charge in [0, 0.05) is 43.0 Å². The zero-order valence-electron chi connectivity index (χ0n) is 21.3. The van der Waals surface area contributed by atoms with Crippen molar-refractivity contribution >= 4 is 58.7 Å². The Labute approximate surface area is 222 Å². The number of nitrogens with zero attached hydrogens (tertiary/aromatic N) is 3. The van der Waals surface area contributed by atoms with Crippen LogP contribution in [0.15, 0.2) is 42.6 Å². The number of anilines is 5. The summed E-state index contributed by atoms with van der Waals surface area (Å²) < 4.78 is 18.5. The molecular weight excluding hydrogens is 509 g/mol. The molecule has 1 saturated carbocycles. The molecule has 194 valence electrons. The number of ketones is 1. The summed E-state index contributed by atoms with van der Waals surface area (Å²) in [4.78, 5) is 23.1. The van der Waals surface area contributed by atoms with Crippen LogP contribution in [-0.4, -0.2) is 49.3 Å². The van der Waals surface area contributed by atoms with Crippen molar-refractivity contribution in [1.29, 1.82) is 0 Å². The Bertz CT molecular complexity index is 1380. The van der Waals surface area contributed by atoms with Crippen molar-refractivity contribution in [2.24, 2.45) is 0 Å². The third kappa shape index (κ3) is 5.76. The summed E-state index contributed by atoms with van der Waals surface area (Å²) >= 11 is 6.43. The van der Waals surface area contributed by atoms with Crippen LogP contribution in [-0.2, 0) is 9.36 Å². The summed E-state index contributed by atoms with van der Waals surface area (Å²) in [5.41, 5.74) is 3.85. The molecule has 1 aliphatic carbocycles. The maximum atomic E-state index is 12.8. The second kappa shape index (κ2) is 10.3. The number of ether oxygens (including phenoxy) is 1. The Balaban J connectivity index is 1.45. The quantitative estimate of drug-likeness (QED) is 0.340. The first-order valence-electron chi connectivity index (χ1n) is 12.4. The van der Waals surface area contributed by atoms with Gasteiger partial charge in [0.25, 0.3) is 0 Å². The summed E-state index contributed by atoms with van der Waals surface area (Å²) in [7, 11) is -0.878. The molecule has 0 spiro atoms. The molecule has 2 heterocycles. The molecule has 2 fully saturated rings. The molecule has 2 aromatic carbocycles. The predicted octanol–water partition coefficient (Wildman–Crippen LogP) is 5.92.